The molecule has 5 nitrogen and oxygen atoms in total. The zero-order valence-electron chi connectivity index (χ0n) is 13.9. The molecule has 0 aromatic carbocycles. The second-order valence-corrected chi connectivity index (χ2v) is 6.78. The summed E-state index contributed by atoms with van der Waals surface area (Å²) in [6, 6.07) is 6.27. The molecule has 0 saturated heterocycles. The Bertz CT molecular complexity index is 629. The van der Waals surface area contributed by atoms with Gasteiger partial charge in [-0.2, -0.15) is 10.2 Å². The summed E-state index contributed by atoms with van der Waals surface area (Å²) in [5.41, 5.74) is 0.736. The van der Waals surface area contributed by atoms with Gasteiger partial charge in [-0.3, -0.25) is 9.78 Å². The first-order valence-corrected chi connectivity index (χ1v) is 8.78. The molecule has 2 unspecified atom stereocenters. The Morgan fingerprint density at radius 3 is 2.92 bits per heavy atom. The van der Waals surface area contributed by atoms with Crippen LogP contribution in [0.3, 0.4) is 0 Å². The van der Waals surface area contributed by atoms with Crippen LogP contribution in [0.1, 0.15) is 50.6 Å². The van der Waals surface area contributed by atoms with Crippen LogP contribution < -0.4 is 5.32 Å². The summed E-state index contributed by atoms with van der Waals surface area (Å²) < 4.78 is 0. The topological polar surface area (TPSA) is 66.7 Å². The third kappa shape index (κ3) is 4.41. The Morgan fingerprint density at radius 1 is 1.33 bits per heavy atom. The lowest BCUT2D eigenvalue weighted by atomic mass is 9.96. The molecular weight excluding hydrogens is 300 g/mol. The van der Waals surface area contributed by atoms with Crippen LogP contribution in [-0.4, -0.2) is 22.6 Å². The van der Waals surface area contributed by atoms with E-state index >= 15 is 0 Å². The molecule has 0 bridgehead atoms. The van der Waals surface area contributed by atoms with E-state index in [4.69, 9.17) is 6.42 Å². The Hall–Kier alpha value is -2.22. The van der Waals surface area contributed by atoms with Gasteiger partial charge in [-0.15, -0.1) is 12.3 Å². The summed E-state index contributed by atoms with van der Waals surface area (Å²) in [5, 5.41) is 11.4. The molecule has 1 saturated carbocycles. The van der Waals surface area contributed by atoms with Crippen molar-refractivity contribution in [3.63, 3.8) is 0 Å². The molecule has 1 aliphatic heterocycles. The van der Waals surface area contributed by atoms with Crippen LogP contribution in [0.15, 0.2) is 34.6 Å². The van der Waals surface area contributed by atoms with Crippen LogP contribution in [-0.2, 0) is 11.2 Å². The van der Waals surface area contributed by atoms with Gasteiger partial charge in [-0.1, -0.05) is 12.5 Å². The maximum absolute atomic E-state index is 12.3. The van der Waals surface area contributed by atoms with Gasteiger partial charge in [0, 0.05) is 43.6 Å². The van der Waals surface area contributed by atoms with Crippen molar-refractivity contribution in [2.24, 2.45) is 16.1 Å². The molecule has 126 valence electrons. The minimum absolute atomic E-state index is 0.102. The van der Waals surface area contributed by atoms with E-state index in [2.05, 4.69) is 32.5 Å². The molecule has 24 heavy (non-hydrogen) atoms. The van der Waals surface area contributed by atoms with Crippen LogP contribution in [0.2, 0.25) is 0 Å². The van der Waals surface area contributed by atoms with E-state index in [9.17, 15) is 4.79 Å². The van der Waals surface area contributed by atoms with Crippen LogP contribution in [0.4, 0.5) is 0 Å². The van der Waals surface area contributed by atoms with E-state index in [0.717, 1.165) is 31.4 Å². The zero-order chi connectivity index (χ0) is 16.8. The van der Waals surface area contributed by atoms with Gasteiger partial charge in [0.05, 0.1) is 0 Å². The number of hydrogen-bond donors (Lipinski definition) is 1. The minimum atomic E-state index is -0.368. The van der Waals surface area contributed by atoms with Crippen molar-refractivity contribution >= 4 is 5.91 Å². The average Bonchev–Trinajstić information content (AvgIpc) is 3.26. The third-order valence-electron chi connectivity index (χ3n) is 5.01. The minimum Gasteiger partial charge on any atom is -0.353 e. The molecule has 0 spiro atoms. The predicted molar refractivity (Wildman–Crippen MR) is 92.1 cm³/mol. The lowest BCUT2D eigenvalue weighted by molar-refractivity contribution is -0.122. The number of pyridine rings is 1. The fourth-order valence-electron chi connectivity index (χ4n) is 3.52. The highest BCUT2D eigenvalue weighted by molar-refractivity contribution is 5.76. The normalized spacial score (nSPS) is 23.6. The first-order chi connectivity index (χ1) is 11.7. The highest BCUT2D eigenvalue weighted by Crippen LogP contribution is 2.37. The van der Waals surface area contributed by atoms with Crippen molar-refractivity contribution < 1.29 is 4.79 Å². The Kier molecular flexibility index (Phi) is 5.24. The Balaban J connectivity index is 1.44. The lowest BCUT2D eigenvalue weighted by Gasteiger charge is -2.21. The molecule has 1 N–H and O–H groups in total. The van der Waals surface area contributed by atoms with Gasteiger partial charge >= 0.3 is 0 Å². The van der Waals surface area contributed by atoms with Crippen LogP contribution >= 0.6 is 0 Å². The maximum Gasteiger partial charge on any atom is 0.220 e. The van der Waals surface area contributed by atoms with Crippen molar-refractivity contribution in [1.29, 1.82) is 0 Å². The monoisotopic (exact) mass is 324 g/mol. The van der Waals surface area contributed by atoms with Crippen molar-refractivity contribution in [3.8, 4) is 12.3 Å². The molecule has 2 heterocycles. The number of hydrogen-bond acceptors (Lipinski definition) is 4. The van der Waals surface area contributed by atoms with Gasteiger partial charge in [0.25, 0.3) is 0 Å². The quantitative estimate of drug-likeness (QED) is 0.746. The molecule has 0 radical (unpaired) electrons. The molecule has 3 rings (SSSR count). The summed E-state index contributed by atoms with van der Waals surface area (Å²) in [5.74, 6) is 3.20. The Labute approximate surface area is 143 Å². The van der Waals surface area contributed by atoms with Gasteiger partial charge in [0.15, 0.2) is 5.66 Å². The smallest absolute Gasteiger partial charge is 0.220 e. The fraction of sp³-hybridized carbons (Fsp3) is 0.579. The van der Waals surface area contributed by atoms with E-state index in [-0.39, 0.29) is 17.6 Å². The number of amides is 1. The van der Waals surface area contributed by atoms with Crippen LogP contribution in [0.25, 0.3) is 0 Å². The van der Waals surface area contributed by atoms with Crippen LogP contribution in [0, 0.1) is 18.3 Å². The van der Waals surface area contributed by atoms with Crippen LogP contribution in [0.5, 0.6) is 0 Å². The standard InChI is InChI=1S/C19H24N4O/c1-2-3-11-19(22-23-19)12-10-18(24)21-17-9-6-7-15(17)14-16-8-4-5-13-20-16/h1,4-5,8,13,15,17H,3,6-7,9-12,14H2,(H,21,24). The predicted octanol–water partition coefficient (Wildman–Crippen LogP) is 3.26. The number of nitrogens with zero attached hydrogens (tertiary/aromatic N) is 3. The SMILES string of the molecule is C#CCCC1(CCC(=O)NC2CCCC2Cc2ccccn2)N=N1. The second-order valence-electron chi connectivity index (χ2n) is 6.78. The maximum atomic E-state index is 12.3. The zero-order valence-corrected chi connectivity index (χ0v) is 13.9. The summed E-state index contributed by atoms with van der Waals surface area (Å²) in [4.78, 5) is 16.7. The fourth-order valence-corrected chi connectivity index (χ4v) is 3.52. The van der Waals surface area contributed by atoms with Crippen molar-refractivity contribution in [2.75, 3.05) is 0 Å². The number of terminal acetylenes is 1. The third-order valence-corrected chi connectivity index (χ3v) is 5.01. The number of carbonyl (C=O) groups excluding carboxylic acids is 1. The summed E-state index contributed by atoms with van der Waals surface area (Å²) in [7, 11) is 0. The van der Waals surface area contributed by atoms with Crippen molar-refractivity contribution in [1.82, 2.24) is 10.3 Å². The number of rotatable bonds is 8. The van der Waals surface area contributed by atoms with Crippen molar-refractivity contribution in [2.45, 2.75) is 63.1 Å². The molecule has 1 aromatic heterocycles. The molecule has 2 aliphatic rings. The van der Waals surface area contributed by atoms with Gasteiger partial charge in [-0.25, -0.2) is 0 Å². The second kappa shape index (κ2) is 7.57. The molecule has 1 amide bonds. The molecular formula is C19H24N4O. The summed E-state index contributed by atoms with van der Waals surface area (Å²) >= 11 is 0. The van der Waals surface area contributed by atoms with E-state index in [0.29, 0.717) is 25.2 Å². The molecule has 5 heteroatoms. The van der Waals surface area contributed by atoms with Gasteiger partial charge in [0.1, 0.15) is 0 Å². The molecule has 1 fully saturated rings. The molecule has 1 aromatic rings. The van der Waals surface area contributed by atoms with Crippen molar-refractivity contribution in [3.05, 3.63) is 30.1 Å². The highest BCUT2D eigenvalue weighted by Gasteiger charge is 2.39. The number of aromatic nitrogens is 1. The first kappa shape index (κ1) is 16.6. The largest absolute Gasteiger partial charge is 0.353 e. The van der Waals surface area contributed by atoms with Gasteiger partial charge < -0.3 is 5.32 Å². The molecule has 1 aliphatic carbocycles. The number of carbonyl (C=O) groups is 1. The lowest BCUT2D eigenvalue weighted by Crippen LogP contribution is -2.38. The van der Waals surface area contributed by atoms with Gasteiger partial charge in [0.2, 0.25) is 5.91 Å². The Morgan fingerprint density at radius 2 is 2.21 bits per heavy atom. The summed E-state index contributed by atoms with van der Waals surface area (Å²) in [6.45, 7) is 0. The first-order valence-electron chi connectivity index (χ1n) is 8.78. The number of nitrogens with one attached hydrogen (secondary N) is 1. The van der Waals surface area contributed by atoms with E-state index in [1.807, 2.05) is 18.3 Å². The van der Waals surface area contributed by atoms with Gasteiger partial charge in [-0.05, 0) is 37.3 Å². The van der Waals surface area contributed by atoms with E-state index < -0.39 is 0 Å². The van der Waals surface area contributed by atoms with E-state index in [1.54, 1.807) is 0 Å². The van der Waals surface area contributed by atoms with E-state index in [1.165, 1.54) is 6.42 Å². The average molecular weight is 324 g/mol. The highest BCUT2D eigenvalue weighted by atomic mass is 16.1. The summed E-state index contributed by atoms with van der Waals surface area (Å²) in [6.07, 6.45) is 14.0. The molecule has 2 atom stereocenters.